The first kappa shape index (κ1) is 22.8. The number of rotatable bonds is 8. The molecule has 0 unspecified atom stereocenters. The summed E-state index contributed by atoms with van der Waals surface area (Å²) in [6.45, 7) is -0.463. The third kappa shape index (κ3) is 4.32. The molecule has 4 aromatic carbocycles. The number of ether oxygens (including phenoxy) is 1. The van der Waals surface area contributed by atoms with E-state index < -0.39 is 6.89 Å². The Morgan fingerprint density at radius 1 is 0.667 bits per heavy atom. The van der Waals surface area contributed by atoms with Gasteiger partial charge in [-0.05, 0) is 35.3 Å². The van der Waals surface area contributed by atoms with E-state index in [-0.39, 0.29) is 5.78 Å². The molecule has 166 valence electrons. The third-order valence-corrected chi connectivity index (χ3v) is 10.2. The highest BCUT2D eigenvalue weighted by Gasteiger charge is 2.34. The molecule has 0 aromatic heterocycles. The van der Waals surface area contributed by atoms with Crippen molar-refractivity contribution in [2.24, 2.45) is 0 Å². The number of hydrogen-bond donors (Lipinski definition) is 0. The van der Waals surface area contributed by atoms with Crippen molar-refractivity contribution in [2.45, 2.75) is 19.8 Å². The molecule has 4 rings (SSSR count). The summed E-state index contributed by atoms with van der Waals surface area (Å²) in [5.74, 6) is 0.899. The van der Waals surface area contributed by atoms with Crippen LogP contribution in [0.25, 0.3) is 0 Å². The zero-order valence-corrected chi connectivity index (χ0v) is 20.0. The smallest absolute Gasteiger partial charge is 0.164 e. The van der Waals surface area contributed by atoms with E-state index in [1.54, 1.807) is 7.11 Å². The molecule has 0 heterocycles. The summed E-state index contributed by atoms with van der Waals surface area (Å²) in [4.78, 5) is 14.1. The molecule has 4 aromatic rings. The molecule has 0 bridgehead atoms. The van der Waals surface area contributed by atoms with Crippen LogP contribution in [0.3, 0.4) is 0 Å². The average molecular weight is 453 g/mol. The standard InChI is InChI=1S/C30H29O2P/c1-3-15-28(31)30(27-22-13-14-23-29(27)32-2)33(24-16-7-4-8-17-24,25-18-9-5-10-19-25)26-20-11-6-12-21-26/h4-14,16-23H,3,15H2,1-2H3. The molecule has 2 nitrogen and oxygen atoms in total. The summed E-state index contributed by atoms with van der Waals surface area (Å²) in [6.07, 6.45) is 1.28. The van der Waals surface area contributed by atoms with Crippen molar-refractivity contribution >= 4 is 33.9 Å². The van der Waals surface area contributed by atoms with Gasteiger partial charge in [0.1, 0.15) is 5.75 Å². The van der Waals surface area contributed by atoms with Crippen LogP contribution in [-0.4, -0.2) is 18.2 Å². The highest BCUT2D eigenvalue weighted by Crippen LogP contribution is 2.49. The highest BCUT2D eigenvalue weighted by molar-refractivity contribution is 7.96. The number of benzene rings is 4. The number of ketones is 1. The van der Waals surface area contributed by atoms with E-state index in [9.17, 15) is 4.79 Å². The van der Waals surface area contributed by atoms with Gasteiger partial charge in [-0.2, -0.15) is 0 Å². The van der Waals surface area contributed by atoms with Crippen molar-refractivity contribution < 1.29 is 9.53 Å². The number of methoxy groups -OCH3 is 1. The topological polar surface area (TPSA) is 26.3 Å². The van der Waals surface area contributed by atoms with E-state index in [1.807, 2.05) is 42.5 Å². The van der Waals surface area contributed by atoms with E-state index >= 15 is 0 Å². The van der Waals surface area contributed by atoms with Gasteiger partial charge in [0.2, 0.25) is 0 Å². The molecule has 0 atom stereocenters. The Hall–Kier alpha value is -3.35. The molecule has 0 spiro atoms. The Morgan fingerprint density at radius 3 is 1.52 bits per heavy atom. The molecule has 0 amide bonds. The molecule has 0 aliphatic carbocycles. The summed E-state index contributed by atoms with van der Waals surface area (Å²) in [6, 6.07) is 39.5. The predicted octanol–water partition coefficient (Wildman–Crippen LogP) is 5.58. The minimum absolute atomic E-state index is 0.173. The molecule has 0 fully saturated rings. The first-order valence-corrected chi connectivity index (χ1v) is 13.1. The van der Waals surface area contributed by atoms with Crippen molar-refractivity contribution in [3.05, 3.63) is 121 Å². The second-order valence-corrected chi connectivity index (χ2v) is 11.2. The van der Waals surface area contributed by atoms with E-state index in [4.69, 9.17) is 4.74 Å². The predicted molar refractivity (Wildman–Crippen MR) is 142 cm³/mol. The van der Waals surface area contributed by atoms with E-state index in [0.717, 1.165) is 38.9 Å². The van der Waals surface area contributed by atoms with Gasteiger partial charge in [-0.3, -0.25) is 4.79 Å². The Labute approximate surface area is 196 Å². The maximum atomic E-state index is 14.1. The first-order valence-electron chi connectivity index (χ1n) is 11.3. The fraction of sp³-hybridized carbons (Fsp3) is 0.133. The zero-order valence-electron chi connectivity index (χ0n) is 19.1. The van der Waals surface area contributed by atoms with Crippen LogP contribution in [0.1, 0.15) is 25.3 Å². The van der Waals surface area contributed by atoms with Crippen LogP contribution in [0.5, 0.6) is 5.75 Å². The van der Waals surface area contributed by atoms with Crippen LogP contribution < -0.4 is 20.7 Å². The van der Waals surface area contributed by atoms with Crippen LogP contribution in [0.15, 0.2) is 115 Å². The largest absolute Gasteiger partial charge is 0.496 e. The lowest BCUT2D eigenvalue weighted by molar-refractivity contribution is -0.112. The van der Waals surface area contributed by atoms with Gasteiger partial charge in [-0.25, -0.2) is 0 Å². The van der Waals surface area contributed by atoms with Crippen LogP contribution in [0.2, 0.25) is 0 Å². The number of hydrogen-bond acceptors (Lipinski definition) is 2. The Kier molecular flexibility index (Phi) is 7.27. The van der Waals surface area contributed by atoms with Crippen molar-refractivity contribution in [1.82, 2.24) is 0 Å². The minimum atomic E-state index is -2.52. The van der Waals surface area contributed by atoms with E-state index in [2.05, 4.69) is 79.7 Å². The molecule has 0 saturated heterocycles. The van der Waals surface area contributed by atoms with Crippen LogP contribution in [0.4, 0.5) is 0 Å². The molecule has 0 saturated carbocycles. The molecular weight excluding hydrogens is 423 g/mol. The maximum Gasteiger partial charge on any atom is 0.164 e. The van der Waals surface area contributed by atoms with Crippen LogP contribution in [0, 0.1) is 0 Å². The van der Waals surface area contributed by atoms with Gasteiger partial charge < -0.3 is 4.74 Å². The molecular formula is C30H29O2P. The number of carbonyl (C=O) groups excluding carboxylic acids is 1. The molecule has 0 N–H and O–H groups in total. The van der Waals surface area contributed by atoms with Gasteiger partial charge in [0.25, 0.3) is 0 Å². The molecule has 3 heteroatoms. The number of para-hydroxylation sites is 1. The van der Waals surface area contributed by atoms with Gasteiger partial charge in [0.05, 0.1) is 7.11 Å². The summed E-state index contributed by atoms with van der Waals surface area (Å²) in [7, 11) is 1.68. The lowest BCUT2D eigenvalue weighted by Gasteiger charge is -2.33. The fourth-order valence-corrected chi connectivity index (χ4v) is 9.05. The van der Waals surface area contributed by atoms with Crippen molar-refractivity contribution in [3.8, 4) is 5.75 Å². The lowest BCUT2D eigenvalue weighted by Crippen LogP contribution is -2.34. The number of carbonyl (C=O) groups is 1. The van der Waals surface area contributed by atoms with Crippen LogP contribution in [-0.2, 0) is 4.79 Å². The van der Waals surface area contributed by atoms with Crippen molar-refractivity contribution in [2.75, 3.05) is 7.11 Å². The molecule has 0 aliphatic heterocycles. The monoisotopic (exact) mass is 452 g/mol. The number of Topliss-reactive ketones (excluding diaryl/α,β-unsaturated/α-hetero) is 1. The summed E-state index contributed by atoms with van der Waals surface area (Å²) < 4.78 is 5.80. The van der Waals surface area contributed by atoms with Gasteiger partial charge >= 0.3 is 0 Å². The van der Waals surface area contributed by atoms with E-state index in [1.165, 1.54) is 0 Å². The highest BCUT2D eigenvalue weighted by atomic mass is 31.2. The fourth-order valence-electron chi connectivity index (χ4n) is 4.49. The lowest BCUT2D eigenvalue weighted by atomic mass is 10.0. The van der Waals surface area contributed by atoms with E-state index in [0.29, 0.717) is 6.42 Å². The van der Waals surface area contributed by atoms with Crippen molar-refractivity contribution in [1.29, 1.82) is 0 Å². The molecule has 33 heavy (non-hydrogen) atoms. The molecule has 0 aliphatic rings. The zero-order chi connectivity index (χ0) is 23.1. The summed E-state index contributed by atoms with van der Waals surface area (Å²) in [5.41, 5.74) is 0.878. The SMILES string of the molecule is CCCC(=O)C(c1ccccc1OC)=P(c1ccccc1)(c1ccccc1)c1ccccc1. The normalized spacial score (nSPS) is 11.1. The summed E-state index contributed by atoms with van der Waals surface area (Å²) >= 11 is 0. The second kappa shape index (κ2) is 10.5. The van der Waals surface area contributed by atoms with Crippen LogP contribution >= 0.6 is 6.89 Å². The Morgan fingerprint density at radius 2 is 1.09 bits per heavy atom. The first-order chi connectivity index (χ1) is 16.2. The second-order valence-electron chi connectivity index (χ2n) is 7.90. The van der Waals surface area contributed by atoms with Gasteiger partial charge in [-0.15, -0.1) is 0 Å². The maximum absolute atomic E-state index is 14.1. The third-order valence-electron chi connectivity index (χ3n) is 5.87. The van der Waals surface area contributed by atoms with Gasteiger partial charge in [0.15, 0.2) is 5.78 Å². The minimum Gasteiger partial charge on any atom is -0.496 e. The molecule has 0 radical (unpaired) electrons. The van der Waals surface area contributed by atoms with Crippen molar-refractivity contribution in [3.63, 3.8) is 0 Å². The van der Waals surface area contributed by atoms with Gasteiger partial charge in [-0.1, -0.05) is 116 Å². The Bertz CT molecular complexity index is 1160. The quantitative estimate of drug-likeness (QED) is 0.326. The Balaban J connectivity index is 2.33. The summed E-state index contributed by atoms with van der Waals surface area (Å²) in [5, 5.41) is 4.33. The van der Waals surface area contributed by atoms with Gasteiger partial charge in [0, 0.05) is 17.3 Å². The average Bonchev–Trinajstić information content (AvgIpc) is 2.89.